The number of carbonyl (C=O) groups is 2. The first kappa shape index (κ1) is 25.2. The number of benzene rings is 3. The van der Waals surface area contributed by atoms with Gasteiger partial charge in [-0.25, -0.2) is 0 Å². The zero-order valence-electron chi connectivity index (χ0n) is 20.7. The Labute approximate surface area is 219 Å². The minimum Gasteiger partial charge on any atom is -0.379 e. The van der Waals surface area contributed by atoms with Gasteiger partial charge in [-0.15, -0.1) is 0 Å². The summed E-state index contributed by atoms with van der Waals surface area (Å²) in [5.41, 5.74) is 3.51. The minimum absolute atomic E-state index is 0.0898. The van der Waals surface area contributed by atoms with E-state index in [1.54, 1.807) is 23.1 Å². The average molecular weight is 514 g/mol. The van der Waals surface area contributed by atoms with E-state index in [1.165, 1.54) is 12.1 Å². The van der Waals surface area contributed by atoms with Crippen LogP contribution in [0.25, 0.3) is 0 Å². The summed E-state index contributed by atoms with van der Waals surface area (Å²) in [6, 6.07) is 20.9. The highest BCUT2D eigenvalue weighted by molar-refractivity contribution is 6.24. The van der Waals surface area contributed by atoms with E-state index < -0.39 is 10.8 Å². The number of amides is 2. The van der Waals surface area contributed by atoms with E-state index in [-0.39, 0.29) is 11.6 Å². The maximum atomic E-state index is 13.1. The first-order valence-corrected chi connectivity index (χ1v) is 12.4. The summed E-state index contributed by atoms with van der Waals surface area (Å²) in [6.45, 7) is 4.41. The molecule has 10 nitrogen and oxygen atoms in total. The van der Waals surface area contributed by atoms with E-state index in [2.05, 4.69) is 10.2 Å². The van der Waals surface area contributed by atoms with Gasteiger partial charge in [-0.1, -0.05) is 30.3 Å². The Morgan fingerprint density at radius 1 is 1.11 bits per heavy atom. The van der Waals surface area contributed by atoms with Gasteiger partial charge in [-0.2, -0.15) is 0 Å². The van der Waals surface area contributed by atoms with Crippen LogP contribution in [0.1, 0.15) is 17.0 Å². The fraction of sp³-hybridized carbons (Fsp3) is 0.250. The number of ether oxygens (including phenoxy) is 1. The molecule has 10 heteroatoms. The first-order valence-electron chi connectivity index (χ1n) is 12.4. The smallest absolute Gasteiger partial charge is 0.269 e. The summed E-state index contributed by atoms with van der Waals surface area (Å²) in [7, 11) is 0. The van der Waals surface area contributed by atoms with E-state index in [4.69, 9.17) is 9.73 Å². The summed E-state index contributed by atoms with van der Waals surface area (Å²) in [5.74, 6) is -1.11. The van der Waals surface area contributed by atoms with Gasteiger partial charge in [0.25, 0.3) is 5.69 Å². The Bertz CT molecular complexity index is 1350. The molecule has 0 aromatic heterocycles. The van der Waals surface area contributed by atoms with Gasteiger partial charge in [-0.3, -0.25) is 29.6 Å². The Morgan fingerprint density at radius 3 is 2.53 bits per heavy atom. The third-order valence-electron chi connectivity index (χ3n) is 6.74. The van der Waals surface area contributed by atoms with Crippen LogP contribution in [0.3, 0.4) is 0 Å². The van der Waals surface area contributed by atoms with Crippen molar-refractivity contribution in [1.29, 1.82) is 0 Å². The maximum absolute atomic E-state index is 13.1. The monoisotopic (exact) mass is 513 g/mol. The Hall–Kier alpha value is -4.41. The fourth-order valence-corrected chi connectivity index (χ4v) is 4.71. The van der Waals surface area contributed by atoms with E-state index >= 15 is 0 Å². The number of nitro benzene ring substituents is 1. The molecule has 194 valence electrons. The molecule has 1 unspecified atom stereocenters. The highest BCUT2D eigenvalue weighted by Gasteiger charge is 2.36. The number of hydrogen-bond donors (Lipinski definition) is 1. The SMILES string of the molecule is O=CN(CCN1CCOCC1)c1ccc(N=C(c2ccccc2)C2C(=O)Nc3ccc([N+](=O)[O-])cc32)cc1. The number of non-ortho nitro benzene ring substituents is 1. The molecule has 3 aromatic rings. The molecule has 1 atom stereocenters. The molecular weight excluding hydrogens is 486 g/mol. The zero-order valence-corrected chi connectivity index (χ0v) is 20.7. The molecule has 0 spiro atoms. The van der Waals surface area contributed by atoms with Crippen molar-refractivity contribution in [1.82, 2.24) is 4.90 Å². The van der Waals surface area contributed by atoms with Crippen LogP contribution < -0.4 is 10.2 Å². The minimum atomic E-state index is -0.813. The number of anilines is 2. The predicted octanol–water partition coefficient (Wildman–Crippen LogP) is 3.75. The van der Waals surface area contributed by atoms with Crippen LogP contribution in [0.5, 0.6) is 0 Å². The number of morpholine rings is 1. The summed E-state index contributed by atoms with van der Waals surface area (Å²) >= 11 is 0. The van der Waals surface area contributed by atoms with Crippen molar-refractivity contribution >= 4 is 40.8 Å². The molecule has 2 amide bonds. The molecule has 0 aliphatic carbocycles. The van der Waals surface area contributed by atoms with Gasteiger partial charge < -0.3 is 15.0 Å². The molecule has 1 saturated heterocycles. The van der Waals surface area contributed by atoms with Gasteiger partial charge in [0.15, 0.2) is 0 Å². The van der Waals surface area contributed by atoms with Gasteiger partial charge in [0.05, 0.1) is 29.5 Å². The van der Waals surface area contributed by atoms with E-state index in [0.717, 1.165) is 37.3 Å². The lowest BCUT2D eigenvalue weighted by molar-refractivity contribution is -0.384. The summed E-state index contributed by atoms with van der Waals surface area (Å²) in [6.07, 6.45) is 0.820. The number of hydrogen-bond acceptors (Lipinski definition) is 7. The molecule has 3 aromatic carbocycles. The van der Waals surface area contributed by atoms with Gasteiger partial charge in [0, 0.05) is 55.2 Å². The Morgan fingerprint density at radius 2 is 1.84 bits per heavy atom. The molecule has 0 saturated carbocycles. The molecule has 2 aliphatic heterocycles. The lowest BCUT2D eigenvalue weighted by atomic mass is 9.90. The van der Waals surface area contributed by atoms with E-state index in [9.17, 15) is 19.7 Å². The normalized spacial score (nSPS) is 17.5. The third kappa shape index (κ3) is 5.46. The lowest BCUT2D eigenvalue weighted by Gasteiger charge is -2.28. The van der Waals surface area contributed by atoms with Crippen LogP contribution in [-0.2, 0) is 14.3 Å². The van der Waals surface area contributed by atoms with Crippen LogP contribution in [0, 0.1) is 10.1 Å². The number of aliphatic imine (C=N–C) groups is 1. The van der Waals surface area contributed by atoms with Crippen molar-refractivity contribution in [2.24, 2.45) is 4.99 Å². The van der Waals surface area contributed by atoms with Crippen LogP contribution in [-0.4, -0.2) is 67.2 Å². The summed E-state index contributed by atoms with van der Waals surface area (Å²) in [4.78, 5) is 44.6. The third-order valence-corrected chi connectivity index (χ3v) is 6.74. The zero-order chi connectivity index (χ0) is 26.5. The van der Waals surface area contributed by atoms with Crippen LogP contribution in [0.2, 0.25) is 0 Å². The van der Waals surface area contributed by atoms with Crippen molar-refractivity contribution in [3.8, 4) is 0 Å². The predicted molar refractivity (Wildman–Crippen MR) is 144 cm³/mol. The van der Waals surface area contributed by atoms with Crippen LogP contribution >= 0.6 is 0 Å². The topological polar surface area (TPSA) is 117 Å². The molecular formula is C28H27N5O5. The largest absolute Gasteiger partial charge is 0.379 e. The molecule has 2 aliphatic rings. The molecule has 1 N–H and O–H groups in total. The quantitative estimate of drug-likeness (QED) is 0.202. The summed E-state index contributed by atoms with van der Waals surface area (Å²) < 4.78 is 5.38. The summed E-state index contributed by atoms with van der Waals surface area (Å²) in [5, 5.41) is 14.2. The van der Waals surface area contributed by atoms with Gasteiger partial charge in [0.2, 0.25) is 12.3 Å². The Kier molecular flexibility index (Phi) is 7.52. The standard InChI is InChI=1S/C28H27N5O5/c34-19-32(13-12-31-14-16-38-17-15-31)22-8-6-21(7-9-22)29-27(20-4-2-1-3-5-20)26-24-18-23(33(36)37)10-11-25(24)30-28(26)35/h1-11,18-19,26H,12-17H2,(H,30,35). The van der Waals surface area contributed by atoms with Crippen molar-refractivity contribution in [3.05, 3.63) is 94.0 Å². The Balaban J connectivity index is 1.44. The molecule has 2 heterocycles. The fourth-order valence-electron chi connectivity index (χ4n) is 4.71. The van der Waals surface area contributed by atoms with E-state index in [0.29, 0.717) is 42.4 Å². The molecule has 38 heavy (non-hydrogen) atoms. The van der Waals surface area contributed by atoms with Crippen LogP contribution in [0.4, 0.5) is 22.7 Å². The van der Waals surface area contributed by atoms with Crippen molar-refractivity contribution < 1.29 is 19.2 Å². The van der Waals surface area contributed by atoms with Gasteiger partial charge in [0.1, 0.15) is 5.92 Å². The molecule has 1 fully saturated rings. The van der Waals surface area contributed by atoms with E-state index in [1.807, 2.05) is 42.5 Å². The maximum Gasteiger partial charge on any atom is 0.269 e. The van der Waals surface area contributed by atoms with Crippen molar-refractivity contribution in [2.45, 2.75) is 5.92 Å². The first-order chi connectivity index (χ1) is 18.5. The van der Waals surface area contributed by atoms with Gasteiger partial charge in [-0.05, 0) is 35.9 Å². The second-order valence-electron chi connectivity index (χ2n) is 9.08. The van der Waals surface area contributed by atoms with Gasteiger partial charge >= 0.3 is 0 Å². The lowest BCUT2D eigenvalue weighted by Crippen LogP contribution is -2.41. The number of fused-ring (bicyclic) bond motifs is 1. The number of rotatable bonds is 9. The molecule has 5 rings (SSSR count). The second-order valence-corrected chi connectivity index (χ2v) is 9.08. The number of nitro groups is 1. The highest BCUT2D eigenvalue weighted by atomic mass is 16.6. The highest BCUT2D eigenvalue weighted by Crippen LogP contribution is 2.38. The molecule has 0 radical (unpaired) electrons. The molecule has 0 bridgehead atoms. The average Bonchev–Trinajstić information content (AvgIpc) is 3.28. The number of carbonyl (C=O) groups excluding carboxylic acids is 2. The van der Waals surface area contributed by atoms with Crippen molar-refractivity contribution in [2.75, 3.05) is 49.6 Å². The van der Waals surface area contributed by atoms with Crippen molar-refractivity contribution in [3.63, 3.8) is 0 Å². The van der Waals surface area contributed by atoms with Crippen LogP contribution in [0.15, 0.2) is 77.8 Å². The number of nitrogens with one attached hydrogen (secondary N) is 1. The number of nitrogens with zero attached hydrogens (tertiary/aromatic N) is 4. The second kappa shape index (κ2) is 11.3.